The summed E-state index contributed by atoms with van der Waals surface area (Å²) in [5, 5.41) is 0. The number of hydrogen-bond donors (Lipinski definition) is 0. The summed E-state index contributed by atoms with van der Waals surface area (Å²) in [4.78, 5) is 12.5. The van der Waals surface area contributed by atoms with Crippen LogP contribution in [-0.2, 0) is 25.2 Å². The first-order valence-corrected chi connectivity index (χ1v) is 1.94. The Labute approximate surface area is 61.4 Å². The molecule has 0 aliphatic carbocycles. The van der Waals surface area contributed by atoms with Crippen LogP contribution >= 0.6 is 0 Å². The van der Waals surface area contributed by atoms with Gasteiger partial charge in [-0.3, -0.25) is 0 Å². The third kappa shape index (κ3) is 5.71. The van der Waals surface area contributed by atoms with Gasteiger partial charge in [-0.05, 0) is 6.42 Å². The number of Topliss-reactive ketones (excluding diaryl/α,β-unsaturated/α-hetero) is 1. The molecular weight excluding hydrogens is 278 g/mol. The van der Waals surface area contributed by atoms with Crippen molar-refractivity contribution in [2.24, 2.45) is 0 Å². The van der Waals surface area contributed by atoms with Crippen LogP contribution in [0.15, 0.2) is 0 Å². The maximum atomic E-state index is 10.0. The van der Waals surface area contributed by atoms with Crippen molar-refractivity contribution < 1.29 is 30.0 Å². The fraction of sp³-hybridized carbons (Fsp3) is 0.500. The predicted molar refractivity (Wildman–Crippen MR) is 23.9 cm³/mol. The van der Waals surface area contributed by atoms with Gasteiger partial charge in [0.05, 0.1) is 5.78 Å². The summed E-state index contributed by atoms with van der Waals surface area (Å²) in [6.07, 6.45) is 2.17. The normalized spacial score (nSPS) is 6.12. The first-order chi connectivity index (χ1) is 3.31. The molecule has 3 nitrogen and oxygen atoms in total. The van der Waals surface area contributed by atoms with Gasteiger partial charge in [-0.1, -0.05) is 6.92 Å². The predicted octanol–water partition coefficient (Wildman–Crippen LogP) is 0.141. The van der Waals surface area contributed by atoms with Crippen LogP contribution in [0.1, 0.15) is 13.3 Å². The van der Waals surface area contributed by atoms with E-state index in [9.17, 15) is 4.79 Å². The number of hydrogen-bond acceptors (Lipinski definition) is 1. The Balaban J connectivity index is 0. The van der Waals surface area contributed by atoms with Gasteiger partial charge in [0.1, 0.15) is 0 Å². The van der Waals surface area contributed by atoms with Gasteiger partial charge in [0, 0.05) is 26.6 Å². The SMILES string of the molecule is CCC(=O)[C-]=[N+]=[N-].[Re]. The minimum atomic E-state index is -0.289. The fourth-order valence-electron chi connectivity index (χ4n) is 0.135. The van der Waals surface area contributed by atoms with Crippen molar-refractivity contribution in [2.45, 2.75) is 13.3 Å². The molecule has 0 amide bonds. The van der Waals surface area contributed by atoms with E-state index in [-0.39, 0.29) is 26.2 Å². The zero-order valence-electron chi connectivity index (χ0n) is 4.39. The molecule has 8 heavy (non-hydrogen) atoms. The third-order valence-corrected chi connectivity index (χ3v) is 0.496. The van der Waals surface area contributed by atoms with E-state index in [0.29, 0.717) is 6.42 Å². The molecule has 0 rings (SSSR count). The smallest absolute Gasteiger partial charge is 0.0563 e. The molecule has 0 fully saturated rings. The quantitative estimate of drug-likeness (QED) is 0.308. The van der Waals surface area contributed by atoms with E-state index in [0.717, 1.165) is 0 Å². The van der Waals surface area contributed by atoms with Crippen LogP contribution in [0.3, 0.4) is 0 Å². The second-order valence-electron chi connectivity index (χ2n) is 0.989. The van der Waals surface area contributed by atoms with Crippen LogP contribution < -0.4 is 0 Å². The van der Waals surface area contributed by atoms with Gasteiger partial charge >= 0.3 is 0 Å². The van der Waals surface area contributed by atoms with E-state index >= 15 is 0 Å². The Morgan fingerprint density at radius 1 is 1.88 bits per heavy atom. The van der Waals surface area contributed by atoms with Crippen LogP contribution in [0.4, 0.5) is 0 Å². The molecular formula is C4H5N2ORe-. The van der Waals surface area contributed by atoms with Gasteiger partial charge in [-0.2, -0.15) is 0 Å². The maximum Gasteiger partial charge on any atom is 0.0563 e. The maximum absolute atomic E-state index is 10.0. The molecule has 0 saturated carbocycles. The number of nitrogens with zero attached hydrogens (tertiary/aromatic N) is 2. The van der Waals surface area contributed by atoms with Gasteiger partial charge in [0.25, 0.3) is 0 Å². The van der Waals surface area contributed by atoms with E-state index in [1.165, 1.54) is 0 Å². The molecule has 0 N–H and O–H groups in total. The number of rotatable bonds is 2. The van der Waals surface area contributed by atoms with E-state index in [2.05, 4.69) is 4.79 Å². The number of carbonyl (C=O) groups is 1. The molecule has 0 aliphatic rings. The summed E-state index contributed by atoms with van der Waals surface area (Å²) in [5.41, 5.74) is 7.66. The largest absolute Gasteiger partial charge is 0.407 e. The van der Waals surface area contributed by atoms with Crippen molar-refractivity contribution in [1.82, 2.24) is 0 Å². The van der Waals surface area contributed by atoms with Crippen molar-refractivity contribution in [2.75, 3.05) is 0 Å². The van der Waals surface area contributed by atoms with Crippen LogP contribution in [0, 0.1) is 0 Å². The van der Waals surface area contributed by atoms with E-state index in [1.54, 1.807) is 6.92 Å². The summed E-state index contributed by atoms with van der Waals surface area (Å²) in [6, 6.07) is 0. The molecule has 0 heterocycles. The molecule has 0 saturated heterocycles. The second-order valence-corrected chi connectivity index (χ2v) is 0.989. The van der Waals surface area contributed by atoms with Crippen molar-refractivity contribution in [3.05, 3.63) is 5.53 Å². The number of carbonyl (C=O) groups excluding carboxylic acids is 1. The molecule has 0 aromatic heterocycles. The zero-order valence-corrected chi connectivity index (χ0v) is 7.10. The molecule has 1 radical (unpaired) electrons. The Morgan fingerprint density at radius 3 is 2.50 bits per heavy atom. The summed E-state index contributed by atoms with van der Waals surface area (Å²) in [7, 11) is 0. The average molecular weight is 283 g/mol. The molecule has 0 aliphatic heterocycles. The van der Waals surface area contributed by atoms with Crippen LogP contribution in [0.25, 0.3) is 5.53 Å². The van der Waals surface area contributed by atoms with Crippen LogP contribution in [0.5, 0.6) is 0 Å². The van der Waals surface area contributed by atoms with Crippen molar-refractivity contribution in [3.63, 3.8) is 0 Å². The van der Waals surface area contributed by atoms with E-state index in [4.69, 9.17) is 5.53 Å². The Morgan fingerprint density at radius 2 is 2.38 bits per heavy atom. The second kappa shape index (κ2) is 6.71. The first-order valence-electron chi connectivity index (χ1n) is 1.94. The van der Waals surface area contributed by atoms with Gasteiger partial charge in [0.15, 0.2) is 0 Å². The molecule has 0 spiro atoms. The zero-order chi connectivity index (χ0) is 5.70. The average Bonchev–Trinajstić information content (AvgIpc) is 1.68. The van der Waals surface area contributed by atoms with Crippen LogP contribution in [0.2, 0.25) is 0 Å². The third-order valence-electron chi connectivity index (χ3n) is 0.496. The minimum Gasteiger partial charge on any atom is -0.407 e. The standard InChI is InChI=1S/C4H5N2O.Re/c1-2-4(7)3-6-5;/h2H2,1H3;/q-1;. The topological polar surface area (TPSA) is 53.5 Å². The molecule has 0 unspecified atom stereocenters. The van der Waals surface area contributed by atoms with Crippen molar-refractivity contribution in [1.29, 1.82) is 0 Å². The van der Waals surface area contributed by atoms with Crippen LogP contribution in [-0.4, -0.2) is 16.8 Å². The minimum absolute atomic E-state index is 0. The molecule has 45 valence electrons. The van der Waals surface area contributed by atoms with Gasteiger partial charge in [-0.25, -0.2) is 0 Å². The Kier molecular flexibility index (Phi) is 8.93. The molecule has 4 heteroatoms. The number of ketones is 1. The van der Waals surface area contributed by atoms with Gasteiger partial charge in [0.2, 0.25) is 0 Å². The first kappa shape index (κ1) is 10.6. The van der Waals surface area contributed by atoms with E-state index in [1.807, 2.05) is 6.21 Å². The van der Waals surface area contributed by atoms with E-state index < -0.39 is 0 Å². The fourth-order valence-corrected chi connectivity index (χ4v) is 0.135. The van der Waals surface area contributed by atoms with Gasteiger partial charge < -0.3 is 15.1 Å². The summed E-state index contributed by atoms with van der Waals surface area (Å²) in [5.74, 6) is -0.289. The molecule has 0 aromatic rings. The molecule has 0 atom stereocenters. The Bertz CT molecular complexity index is 117. The monoisotopic (exact) mass is 284 g/mol. The van der Waals surface area contributed by atoms with Crippen molar-refractivity contribution in [3.8, 4) is 0 Å². The summed E-state index contributed by atoms with van der Waals surface area (Å²) in [6.45, 7) is 1.67. The summed E-state index contributed by atoms with van der Waals surface area (Å²) >= 11 is 0. The summed E-state index contributed by atoms with van der Waals surface area (Å²) < 4.78 is 0. The van der Waals surface area contributed by atoms with Crippen molar-refractivity contribution >= 4 is 12.0 Å². The Hall–Kier alpha value is -0.288. The molecule has 0 bridgehead atoms. The van der Waals surface area contributed by atoms with Gasteiger partial charge in [-0.15, -0.1) is 0 Å². The molecule has 0 aromatic carbocycles.